The van der Waals surface area contributed by atoms with Crippen molar-refractivity contribution in [1.82, 2.24) is 10.2 Å². The summed E-state index contributed by atoms with van der Waals surface area (Å²) in [5.74, 6) is 0.424. The first-order valence-electron chi connectivity index (χ1n) is 6.62. The Hall–Kier alpha value is -2.63. The molecule has 2 rings (SSSR count). The van der Waals surface area contributed by atoms with Crippen LogP contribution in [0, 0.1) is 13.8 Å². The van der Waals surface area contributed by atoms with Gasteiger partial charge in [0.05, 0.1) is 6.61 Å². The number of nitrogens with zero attached hydrogens (tertiary/aromatic N) is 1. The molecule has 2 aromatic rings. The Bertz CT molecular complexity index is 702. The van der Waals surface area contributed by atoms with Gasteiger partial charge in [-0.15, -0.1) is 0 Å². The summed E-state index contributed by atoms with van der Waals surface area (Å²) in [5.41, 5.74) is 2.32. The van der Waals surface area contributed by atoms with E-state index in [1.54, 1.807) is 0 Å². The number of hydrogen-bond acceptors (Lipinski definition) is 4. The number of nitrogens with one attached hydrogen (secondary N) is 2. The minimum absolute atomic E-state index is 0.153. The molecule has 0 saturated carbocycles. The minimum Gasteiger partial charge on any atom is -0.494 e. The Labute approximate surface area is 122 Å². The van der Waals surface area contributed by atoms with E-state index in [0.29, 0.717) is 12.3 Å². The highest BCUT2D eigenvalue weighted by molar-refractivity contribution is 6.03. The molecule has 0 fully saturated rings. The molecular formula is C15H17N3O3. The number of rotatable bonds is 4. The fourth-order valence-corrected chi connectivity index (χ4v) is 1.89. The molecule has 0 spiro atoms. The van der Waals surface area contributed by atoms with Gasteiger partial charge < -0.3 is 10.1 Å². The molecule has 0 saturated heterocycles. The second kappa shape index (κ2) is 6.21. The van der Waals surface area contributed by atoms with Crippen molar-refractivity contribution in [1.29, 1.82) is 0 Å². The third kappa shape index (κ3) is 3.47. The third-order valence-corrected chi connectivity index (χ3v) is 2.98. The van der Waals surface area contributed by atoms with Crippen LogP contribution in [0.25, 0.3) is 0 Å². The number of aromatic amines is 1. The Morgan fingerprint density at radius 3 is 2.67 bits per heavy atom. The Balaban J connectivity index is 2.23. The zero-order chi connectivity index (χ0) is 15.4. The molecule has 0 atom stereocenters. The SMILES string of the molecule is CCOc1cc(C)c(NC(=O)c2ccc(=O)[nH]n2)cc1C. The normalized spacial score (nSPS) is 10.2. The van der Waals surface area contributed by atoms with Crippen molar-refractivity contribution in [3.05, 3.63) is 51.4 Å². The van der Waals surface area contributed by atoms with Gasteiger partial charge in [0.1, 0.15) is 11.4 Å². The number of benzene rings is 1. The van der Waals surface area contributed by atoms with E-state index in [2.05, 4.69) is 15.5 Å². The molecule has 1 amide bonds. The maximum atomic E-state index is 12.1. The standard InChI is InChI=1S/C15H17N3O3/c1-4-21-13-8-9(2)12(7-10(13)3)16-15(20)11-5-6-14(19)18-17-11/h5-8H,4H2,1-3H3,(H,16,20)(H,18,19). The van der Waals surface area contributed by atoms with Crippen LogP contribution < -0.4 is 15.6 Å². The lowest BCUT2D eigenvalue weighted by molar-refractivity contribution is 0.102. The Morgan fingerprint density at radius 2 is 2.05 bits per heavy atom. The predicted molar refractivity (Wildman–Crippen MR) is 79.9 cm³/mol. The van der Waals surface area contributed by atoms with Crippen LogP contribution >= 0.6 is 0 Å². The number of H-pyrrole nitrogens is 1. The van der Waals surface area contributed by atoms with Crippen molar-refractivity contribution in [3.63, 3.8) is 0 Å². The lowest BCUT2D eigenvalue weighted by atomic mass is 10.1. The number of anilines is 1. The summed E-state index contributed by atoms with van der Waals surface area (Å²) in [6.45, 7) is 6.32. The van der Waals surface area contributed by atoms with E-state index in [4.69, 9.17) is 4.74 Å². The summed E-state index contributed by atoms with van der Waals surface area (Å²) >= 11 is 0. The fraction of sp³-hybridized carbons (Fsp3) is 0.267. The Kier molecular flexibility index (Phi) is 4.37. The molecule has 6 heteroatoms. The van der Waals surface area contributed by atoms with Gasteiger partial charge in [0.25, 0.3) is 11.5 Å². The smallest absolute Gasteiger partial charge is 0.276 e. The summed E-state index contributed by atoms with van der Waals surface area (Å²) < 4.78 is 5.51. The molecular weight excluding hydrogens is 270 g/mol. The van der Waals surface area contributed by atoms with Crippen LogP contribution in [-0.4, -0.2) is 22.7 Å². The summed E-state index contributed by atoms with van der Waals surface area (Å²) in [7, 11) is 0. The van der Waals surface area contributed by atoms with Gasteiger partial charge >= 0.3 is 0 Å². The van der Waals surface area contributed by atoms with Crippen LogP contribution in [0.5, 0.6) is 5.75 Å². The number of ether oxygens (including phenoxy) is 1. The molecule has 0 bridgehead atoms. The van der Waals surface area contributed by atoms with Crippen LogP contribution in [0.1, 0.15) is 28.5 Å². The lowest BCUT2D eigenvalue weighted by Crippen LogP contribution is -2.18. The van der Waals surface area contributed by atoms with Crippen molar-refractivity contribution in [3.8, 4) is 5.75 Å². The number of carbonyl (C=O) groups is 1. The minimum atomic E-state index is -0.377. The van der Waals surface area contributed by atoms with Crippen molar-refractivity contribution in [2.45, 2.75) is 20.8 Å². The van der Waals surface area contributed by atoms with Crippen molar-refractivity contribution in [2.75, 3.05) is 11.9 Å². The van der Waals surface area contributed by atoms with Gasteiger partial charge in [0.15, 0.2) is 0 Å². The first-order valence-corrected chi connectivity index (χ1v) is 6.62. The van der Waals surface area contributed by atoms with Crippen molar-refractivity contribution >= 4 is 11.6 Å². The maximum Gasteiger partial charge on any atom is 0.276 e. The molecule has 1 aromatic carbocycles. The average molecular weight is 287 g/mol. The molecule has 1 aromatic heterocycles. The van der Waals surface area contributed by atoms with Crippen molar-refractivity contribution < 1.29 is 9.53 Å². The largest absolute Gasteiger partial charge is 0.494 e. The highest BCUT2D eigenvalue weighted by Crippen LogP contribution is 2.26. The molecule has 6 nitrogen and oxygen atoms in total. The van der Waals surface area contributed by atoms with Gasteiger partial charge in [-0.2, -0.15) is 5.10 Å². The number of aryl methyl sites for hydroxylation is 2. The monoisotopic (exact) mass is 287 g/mol. The summed E-state index contributed by atoms with van der Waals surface area (Å²) in [4.78, 5) is 23.0. The number of hydrogen-bond donors (Lipinski definition) is 2. The van der Waals surface area contributed by atoms with Crippen LogP contribution in [-0.2, 0) is 0 Å². The topological polar surface area (TPSA) is 84.1 Å². The second-order valence-electron chi connectivity index (χ2n) is 4.63. The molecule has 110 valence electrons. The summed E-state index contributed by atoms with van der Waals surface area (Å²) in [5, 5.41) is 8.71. The maximum absolute atomic E-state index is 12.1. The highest BCUT2D eigenvalue weighted by atomic mass is 16.5. The second-order valence-corrected chi connectivity index (χ2v) is 4.63. The Morgan fingerprint density at radius 1 is 1.29 bits per heavy atom. The predicted octanol–water partition coefficient (Wildman–Crippen LogP) is 2.04. The van der Waals surface area contributed by atoms with Crippen LogP contribution in [0.4, 0.5) is 5.69 Å². The fourth-order valence-electron chi connectivity index (χ4n) is 1.89. The van der Waals surface area contributed by atoms with E-state index in [9.17, 15) is 9.59 Å². The van der Waals surface area contributed by atoms with Crippen LogP contribution in [0.3, 0.4) is 0 Å². The quantitative estimate of drug-likeness (QED) is 0.901. The van der Waals surface area contributed by atoms with Gasteiger partial charge in [0.2, 0.25) is 0 Å². The molecule has 0 radical (unpaired) electrons. The first-order chi connectivity index (χ1) is 10.0. The highest BCUT2D eigenvalue weighted by Gasteiger charge is 2.11. The summed E-state index contributed by atoms with van der Waals surface area (Å²) in [6, 6.07) is 6.38. The number of amides is 1. The molecule has 0 aliphatic carbocycles. The molecule has 0 aliphatic heterocycles. The molecule has 0 aliphatic rings. The van der Waals surface area contributed by atoms with Gasteiger partial charge in [-0.05, 0) is 50.1 Å². The zero-order valence-corrected chi connectivity index (χ0v) is 12.2. The summed E-state index contributed by atoms with van der Waals surface area (Å²) in [6.07, 6.45) is 0. The number of aromatic nitrogens is 2. The molecule has 1 heterocycles. The number of carbonyl (C=O) groups excluding carboxylic acids is 1. The van der Waals surface area contributed by atoms with Crippen molar-refractivity contribution in [2.24, 2.45) is 0 Å². The average Bonchev–Trinajstić information content (AvgIpc) is 2.45. The zero-order valence-electron chi connectivity index (χ0n) is 12.2. The van der Waals surface area contributed by atoms with E-state index < -0.39 is 0 Å². The van der Waals surface area contributed by atoms with E-state index in [0.717, 1.165) is 16.9 Å². The van der Waals surface area contributed by atoms with E-state index in [1.165, 1.54) is 12.1 Å². The van der Waals surface area contributed by atoms with E-state index >= 15 is 0 Å². The molecule has 21 heavy (non-hydrogen) atoms. The lowest BCUT2D eigenvalue weighted by Gasteiger charge is -2.13. The first kappa shape index (κ1) is 14.8. The third-order valence-electron chi connectivity index (χ3n) is 2.98. The van der Waals surface area contributed by atoms with Gasteiger partial charge in [-0.3, -0.25) is 9.59 Å². The van der Waals surface area contributed by atoms with Gasteiger partial charge in [0, 0.05) is 11.8 Å². The van der Waals surface area contributed by atoms with Crippen LogP contribution in [0.2, 0.25) is 0 Å². The molecule has 0 unspecified atom stereocenters. The van der Waals surface area contributed by atoms with E-state index in [-0.39, 0.29) is 17.2 Å². The molecule has 2 N–H and O–H groups in total. The van der Waals surface area contributed by atoms with Gasteiger partial charge in [-0.25, -0.2) is 5.10 Å². The van der Waals surface area contributed by atoms with Gasteiger partial charge in [-0.1, -0.05) is 0 Å². The van der Waals surface area contributed by atoms with E-state index in [1.807, 2.05) is 32.9 Å². The van der Waals surface area contributed by atoms with Crippen LogP contribution in [0.15, 0.2) is 29.1 Å².